The Morgan fingerprint density at radius 2 is 1.67 bits per heavy atom. The van der Waals surface area contributed by atoms with E-state index in [1.54, 1.807) is 0 Å². The number of alkyl halides is 3. The molecule has 106 valence electrons. The Labute approximate surface area is 106 Å². The van der Waals surface area contributed by atoms with Gasteiger partial charge in [-0.2, -0.15) is 13.2 Å². The fourth-order valence-corrected chi connectivity index (χ4v) is 3.38. The van der Waals surface area contributed by atoms with Gasteiger partial charge in [-0.1, -0.05) is 12.8 Å². The van der Waals surface area contributed by atoms with E-state index in [1.807, 2.05) is 0 Å². The molecule has 1 heterocycles. The van der Waals surface area contributed by atoms with Crippen molar-refractivity contribution in [1.29, 1.82) is 0 Å². The van der Waals surface area contributed by atoms with E-state index >= 15 is 0 Å². The summed E-state index contributed by atoms with van der Waals surface area (Å²) in [6.07, 6.45) is 0.703. The van der Waals surface area contributed by atoms with Gasteiger partial charge in [0.1, 0.15) is 0 Å². The van der Waals surface area contributed by atoms with Gasteiger partial charge in [0.05, 0.1) is 5.92 Å². The Morgan fingerprint density at radius 1 is 1.11 bits per heavy atom. The maximum absolute atomic E-state index is 12.6. The van der Waals surface area contributed by atoms with Crippen LogP contribution >= 0.6 is 0 Å². The number of aliphatic hydroxyl groups excluding tert-OH is 1. The maximum Gasteiger partial charge on any atom is 0.391 e. The Balaban J connectivity index is 1.83. The van der Waals surface area contributed by atoms with Crippen molar-refractivity contribution in [1.82, 2.24) is 4.90 Å². The van der Waals surface area contributed by atoms with E-state index in [4.69, 9.17) is 0 Å². The number of piperidine rings is 1. The average molecular weight is 265 g/mol. The standard InChI is InChI=1S/C13H22F3NO/c14-13(15,16)11-3-7-17(8-4-11)9-12(10-18)5-1-2-6-12/h11,18H,1-10H2. The fourth-order valence-electron chi connectivity index (χ4n) is 3.38. The normalized spacial score (nSPS) is 26.7. The average Bonchev–Trinajstić information content (AvgIpc) is 2.78. The van der Waals surface area contributed by atoms with Crippen LogP contribution in [0.5, 0.6) is 0 Å². The number of nitrogens with zero attached hydrogens (tertiary/aromatic N) is 1. The summed E-state index contributed by atoms with van der Waals surface area (Å²) in [5.74, 6) is -1.12. The molecule has 0 radical (unpaired) electrons. The minimum absolute atomic E-state index is 0.0366. The van der Waals surface area contributed by atoms with Crippen LogP contribution in [-0.4, -0.2) is 42.4 Å². The summed E-state index contributed by atoms with van der Waals surface area (Å²) in [7, 11) is 0. The van der Waals surface area contributed by atoms with Gasteiger partial charge in [-0.05, 0) is 38.8 Å². The van der Waals surface area contributed by atoms with Crippen LogP contribution in [0.3, 0.4) is 0 Å². The number of aliphatic hydroxyl groups is 1. The van der Waals surface area contributed by atoms with E-state index in [2.05, 4.69) is 4.90 Å². The summed E-state index contributed by atoms with van der Waals surface area (Å²) in [5, 5.41) is 9.52. The third kappa shape index (κ3) is 3.18. The van der Waals surface area contributed by atoms with Crippen LogP contribution in [0.1, 0.15) is 38.5 Å². The van der Waals surface area contributed by atoms with Crippen LogP contribution in [0.15, 0.2) is 0 Å². The molecule has 5 heteroatoms. The maximum atomic E-state index is 12.6. The number of rotatable bonds is 3. The summed E-state index contributed by atoms with van der Waals surface area (Å²) in [5.41, 5.74) is -0.0366. The Hall–Kier alpha value is -0.290. The van der Waals surface area contributed by atoms with Gasteiger partial charge in [0.15, 0.2) is 0 Å². The van der Waals surface area contributed by atoms with Gasteiger partial charge in [-0.25, -0.2) is 0 Å². The first-order valence-corrected chi connectivity index (χ1v) is 6.85. The van der Waals surface area contributed by atoms with Gasteiger partial charge in [0.25, 0.3) is 0 Å². The zero-order valence-electron chi connectivity index (χ0n) is 10.7. The zero-order valence-corrected chi connectivity index (χ0v) is 10.7. The summed E-state index contributed by atoms with van der Waals surface area (Å²) in [6.45, 7) is 1.98. The quantitative estimate of drug-likeness (QED) is 0.848. The van der Waals surface area contributed by atoms with Gasteiger partial charge in [-0.3, -0.25) is 0 Å². The molecule has 0 aromatic heterocycles. The molecule has 2 fully saturated rings. The molecule has 1 saturated heterocycles. The molecule has 0 amide bonds. The Kier molecular flexibility index (Phi) is 4.22. The van der Waals surface area contributed by atoms with E-state index in [1.165, 1.54) is 0 Å². The van der Waals surface area contributed by atoms with Crippen molar-refractivity contribution in [3.05, 3.63) is 0 Å². The van der Waals surface area contributed by atoms with Crippen molar-refractivity contribution in [2.75, 3.05) is 26.2 Å². The second kappa shape index (κ2) is 5.37. The lowest BCUT2D eigenvalue weighted by atomic mass is 9.85. The Morgan fingerprint density at radius 3 is 2.11 bits per heavy atom. The molecule has 0 aromatic rings. The van der Waals surface area contributed by atoms with E-state index in [0.29, 0.717) is 13.1 Å². The molecule has 2 rings (SSSR count). The predicted molar refractivity (Wildman–Crippen MR) is 63.2 cm³/mol. The predicted octanol–water partition coefficient (Wildman–Crippen LogP) is 2.81. The highest BCUT2D eigenvalue weighted by atomic mass is 19.4. The highest BCUT2D eigenvalue weighted by Crippen LogP contribution is 2.40. The first-order valence-electron chi connectivity index (χ1n) is 6.85. The van der Waals surface area contributed by atoms with Gasteiger partial charge in [0, 0.05) is 18.6 Å². The first-order chi connectivity index (χ1) is 8.45. The molecule has 1 saturated carbocycles. The van der Waals surface area contributed by atoms with Crippen LogP contribution in [0.2, 0.25) is 0 Å². The lowest BCUT2D eigenvalue weighted by Gasteiger charge is -2.38. The Bertz CT molecular complexity index is 266. The number of hydrogen-bond donors (Lipinski definition) is 1. The second-order valence-electron chi connectivity index (χ2n) is 5.96. The van der Waals surface area contributed by atoms with Crippen molar-refractivity contribution >= 4 is 0 Å². The summed E-state index contributed by atoms with van der Waals surface area (Å²) in [6, 6.07) is 0. The molecule has 2 aliphatic rings. The van der Waals surface area contributed by atoms with Crippen molar-refractivity contribution in [3.63, 3.8) is 0 Å². The van der Waals surface area contributed by atoms with Crippen LogP contribution in [0, 0.1) is 11.3 Å². The van der Waals surface area contributed by atoms with Crippen LogP contribution < -0.4 is 0 Å². The van der Waals surface area contributed by atoms with Gasteiger partial charge < -0.3 is 10.0 Å². The summed E-state index contributed by atoms with van der Waals surface area (Å²) in [4.78, 5) is 2.11. The molecule has 1 aliphatic heterocycles. The van der Waals surface area contributed by atoms with Gasteiger partial charge in [-0.15, -0.1) is 0 Å². The lowest BCUT2D eigenvalue weighted by molar-refractivity contribution is -0.185. The molecular weight excluding hydrogens is 243 g/mol. The third-order valence-corrected chi connectivity index (χ3v) is 4.61. The van der Waals surface area contributed by atoms with E-state index in [-0.39, 0.29) is 24.9 Å². The molecule has 0 spiro atoms. The molecule has 18 heavy (non-hydrogen) atoms. The number of hydrogen-bond acceptors (Lipinski definition) is 2. The number of halogens is 3. The molecule has 0 atom stereocenters. The molecule has 0 unspecified atom stereocenters. The summed E-state index contributed by atoms with van der Waals surface area (Å²) >= 11 is 0. The molecule has 1 N–H and O–H groups in total. The van der Waals surface area contributed by atoms with Crippen molar-refractivity contribution in [2.45, 2.75) is 44.7 Å². The van der Waals surface area contributed by atoms with Crippen LogP contribution in [-0.2, 0) is 0 Å². The number of likely N-dealkylation sites (tertiary alicyclic amines) is 1. The van der Waals surface area contributed by atoms with Crippen molar-refractivity contribution in [2.24, 2.45) is 11.3 Å². The molecule has 1 aliphatic carbocycles. The van der Waals surface area contributed by atoms with E-state index in [0.717, 1.165) is 32.2 Å². The largest absolute Gasteiger partial charge is 0.396 e. The fraction of sp³-hybridized carbons (Fsp3) is 1.00. The first kappa shape index (κ1) is 14.1. The monoisotopic (exact) mass is 265 g/mol. The highest BCUT2D eigenvalue weighted by Gasteiger charge is 2.42. The SMILES string of the molecule is OCC1(CN2CCC(C(F)(F)F)CC2)CCCC1. The minimum atomic E-state index is -4.03. The van der Waals surface area contributed by atoms with Crippen LogP contribution in [0.4, 0.5) is 13.2 Å². The third-order valence-electron chi connectivity index (χ3n) is 4.61. The zero-order chi connectivity index (χ0) is 13.2. The topological polar surface area (TPSA) is 23.5 Å². The smallest absolute Gasteiger partial charge is 0.391 e. The molecule has 0 bridgehead atoms. The van der Waals surface area contributed by atoms with E-state index in [9.17, 15) is 18.3 Å². The van der Waals surface area contributed by atoms with Crippen molar-refractivity contribution in [3.8, 4) is 0 Å². The lowest BCUT2D eigenvalue weighted by Crippen LogP contribution is -2.44. The van der Waals surface area contributed by atoms with E-state index < -0.39 is 12.1 Å². The summed E-state index contributed by atoms with van der Waals surface area (Å²) < 4.78 is 37.7. The van der Waals surface area contributed by atoms with Gasteiger partial charge >= 0.3 is 6.18 Å². The van der Waals surface area contributed by atoms with Crippen LogP contribution in [0.25, 0.3) is 0 Å². The minimum Gasteiger partial charge on any atom is -0.396 e. The second-order valence-corrected chi connectivity index (χ2v) is 5.96. The van der Waals surface area contributed by atoms with Gasteiger partial charge in [0.2, 0.25) is 0 Å². The highest BCUT2D eigenvalue weighted by molar-refractivity contribution is 4.89. The van der Waals surface area contributed by atoms with Crippen molar-refractivity contribution < 1.29 is 18.3 Å². The molecular formula is C13H22F3NO. The molecule has 2 nitrogen and oxygen atoms in total. The molecule has 0 aromatic carbocycles.